The topological polar surface area (TPSA) is 93.1 Å². The second kappa shape index (κ2) is 6.12. The zero-order chi connectivity index (χ0) is 21.7. The fourth-order valence-corrected chi connectivity index (χ4v) is 8.04. The first kappa shape index (κ1) is 20.6. The van der Waals surface area contributed by atoms with E-state index in [9.17, 15) is 19.8 Å². The minimum atomic E-state index is -1.24. The Bertz CT molecular complexity index is 873. The zero-order valence-corrected chi connectivity index (χ0v) is 18.2. The summed E-state index contributed by atoms with van der Waals surface area (Å²) in [5, 5.41) is 21.3. The van der Waals surface area contributed by atoms with Gasteiger partial charge in [-0.05, 0) is 63.5 Å². The van der Waals surface area contributed by atoms with Crippen molar-refractivity contribution in [3.8, 4) is 0 Å². The lowest BCUT2D eigenvalue weighted by Gasteiger charge is -2.59. The molecule has 1 unspecified atom stereocenters. The van der Waals surface area contributed by atoms with E-state index in [1.54, 1.807) is 26.0 Å². The molecule has 164 valence electrons. The van der Waals surface area contributed by atoms with Crippen LogP contribution in [0.25, 0.3) is 0 Å². The monoisotopic (exact) mass is 416 g/mol. The van der Waals surface area contributed by atoms with Crippen LogP contribution in [0, 0.1) is 28.6 Å². The van der Waals surface area contributed by atoms with Gasteiger partial charge in [-0.1, -0.05) is 25.5 Å². The van der Waals surface area contributed by atoms with Crippen LogP contribution in [0.4, 0.5) is 0 Å². The summed E-state index contributed by atoms with van der Waals surface area (Å²) in [6.07, 6.45) is 7.04. The summed E-state index contributed by atoms with van der Waals surface area (Å²) < 4.78 is 12.6. The highest BCUT2D eigenvalue weighted by Gasteiger charge is 2.76. The number of fused-ring (bicyclic) bond motifs is 7. The Morgan fingerprint density at radius 1 is 1.27 bits per heavy atom. The number of carbonyl (C=O) groups excluding carboxylic acids is 2. The van der Waals surface area contributed by atoms with E-state index in [-0.39, 0.29) is 34.7 Å². The number of aliphatic hydroxyl groups is 2. The standard InChI is InChI=1S/C24H32O6/c1-21(2)29-19-10-16-15-6-5-13-9-14(26)7-8-22(13,3)20(15)17(27)11-23(16,4)24(19,30-21)18(28)12-25/h7-9,15-17,19-20,25,27H,5-6,10-12H2,1-4H3/t15-,16-,17-,19+,20?,22-,23-,24+/m0/s1. The molecule has 1 heterocycles. The van der Waals surface area contributed by atoms with Crippen molar-refractivity contribution in [1.29, 1.82) is 0 Å². The Morgan fingerprint density at radius 3 is 2.70 bits per heavy atom. The molecule has 0 spiro atoms. The van der Waals surface area contributed by atoms with Crippen LogP contribution >= 0.6 is 0 Å². The van der Waals surface area contributed by atoms with E-state index in [4.69, 9.17) is 9.47 Å². The van der Waals surface area contributed by atoms with Gasteiger partial charge in [0.2, 0.25) is 0 Å². The van der Waals surface area contributed by atoms with Crippen LogP contribution in [0.1, 0.15) is 53.4 Å². The molecule has 0 aromatic heterocycles. The van der Waals surface area contributed by atoms with Crippen LogP contribution in [0.15, 0.2) is 23.8 Å². The number of carbonyl (C=O) groups is 2. The lowest BCUT2D eigenvalue weighted by atomic mass is 9.46. The van der Waals surface area contributed by atoms with Gasteiger partial charge in [-0.2, -0.15) is 0 Å². The van der Waals surface area contributed by atoms with Gasteiger partial charge < -0.3 is 19.7 Å². The first-order valence-electron chi connectivity index (χ1n) is 11.1. The van der Waals surface area contributed by atoms with E-state index in [1.807, 2.05) is 13.0 Å². The number of aliphatic hydroxyl groups excluding tert-OH is 2. The SMILES string of the molecule is CC1(C)O[C@@H]2C[C@H]3[C@@H]4CCC5=CC(=O)C=C[C@]5(C)C4[C@@H](O)C[C@]3(C)[C@]2(C(=O)CO)O1. The second-order valence-corrected chi connectivity index (χ2v) is 10.9. The molecule has 3 saturated carbocycles. The van der Waals surface area contributed by atoms with Gasteiger partial charge in [0.05, 0.1) is 12.2 Å². The number of allylic oxidation sites excluding steroid dienone is 4. The van der Waals surface area contributed by atoms with Crippen LogP contribution in [0.2, 0.25) is 0 Å². The summed E-state index contributed by atoms with van der Waals surface area (Å²) in [5.41, 5.74) is -1.12. The van der Waals surface area contributed by atoms with Crippen molar-refractivity contribution in [2.24, 2.45) is 28.6 Å². The maximum absolute atomic E-state index is 13.2. The number of rotatable bonds is 2. The molecule has 0 bridgehead atoms. The molecule has 0 amide bonds. The molecular weight excluding hydrogens is 384 g/mol. The highest BCUT2D eigenvalue weighted by atomic mass is 16.8. The maximum atomic E-state index is 13.2. The zero-order valence-electron chi connectivity index (χ0n) is 18.2. The third-order valence-electron chi connectivity index (χ3n) is 9.05. The predicted molar refractivity (Wildman–Crippen MR) is 108 cm³/mol. The second-order valence-electron chi connectivity index (χ2n) is 10.9. The minimum Gasteiger partial charge on any atom is -0.393 e. The summed E-state index contributed by atoms with van der Waals surface area (Å²) in [6.45, 7) is 7.19. The fraction of sp³-hybridized carbons (Fsp3) is 0.750. The normalized spacial score (nSPS) is 50.9. The summed E-state index contributed by atoms with van der Waals surface area (Å²) in [6, 6.07) is 0. The van der Waals surface area contributed by atoms with E-state index in [2.05, 4.69) is 6.92 Å². The summed E-state index contributed by atoms with van der Waals surface area (Å²) in [4.78, 5) is 25.1. The van der Waals surface area contributed by atoms with E-state index in [0.717, 1.165) is 18.4 Å². The molecule has 1 aliphatic heterocycles. The third kappa shape index (κ3) is 2.34. The van der Waals surface area contributed by atoms with Gasteiger partial charge in [-0.3, -0.25) is 9.59 Å². The Balaban J connectivity index is 1.59. The molecule has 4 aliphatic carbocycles. The summed E-state index contributed by atoms with van der Waals surface area (Å²) in [5.74, 6) is -0.947. The van der Waals surface area contributed by atoms with Gasteiger partial charge in [-0.25, -0.2) is 0 Å². The van der Waals surface area contributed by atoms with E-state index in [0.29, 0.717) is 12.8 Å². The quantitative estimate of drug-likeness (QED) is 0.718. The van der Waals surface area contributed by atoms with Crippen molar-refractivity contribution in [2.45, 2.75) is 77.0 Å². The molecule has 30 heavy (non-hydrogen) atoms. The van der Waals surface area contributed by atoms with Gasteiger partial charge >= 0.3 is 0 Å². The Kier molecular flexibility index (Phi) is 4.20. The van der Waals surface area contributed by atoms with Gasteiger partial charge in [0.25, 0.3) is 0 Å². The third-order valence-corrected chi connectivity index (χ3v) is 9.05. The molecule has 4 fully saturated rings. The van der Waals surface area contributed by atoms with Crippen molar-refractivity contribution in [1.82, 2.24) is 0 Å². The minimum absolute atomic E-state index is 0.0167. The number of hydrogen-bond donors (Lipinski definition) is 2. The van der Waals surface area contributed by atoms with Gasteiger partial charge in [0.1, 0.15) is 6.61 Å². The highest BCUT2D eigenvalue weighted by Crippen LogP contribution is 2.70. The number of hydrogen-bond acceptors (Lipinski definition) is 6. The molecule has 0 radical (unpaired) electrons. The molecule has 0 aromatic carbocycles. The Labute approximate surface area is 177 Å². The molecule has 5 rings (SSSR count). The maximum Gasteiger partial charge on any atom is 0.193 e. The fourth-order valence-electron chi connectivity index (χ4n) is 8.04. The Hall–Kier alpha value is -1.34. The van der Waals surface area contributed by atoms with Crippen molar-refractivity contribution >= 4 is 11.6 Å². The summed E-state index contributed by atoms with van der Waals surface area (Å²) in [7, 11) is 0. The van der Waals surface area contributed by atoms with Crippen molar-refractivity contribution in [3.63, 3.8) is 0 Å². The molecule has 6 nitrogen and oxygen atoms in total. The smallest absolute Gasteiger partial charge is 0.193 e. The van der Waals surface area contributed by atoms with Crippen molar-refractivity contribution < 1.29 is 29.3 Å². The highest BCUT2D eigenvalue weighted by molar-refractivity contribution is 6.01. The van der Waals surface area contributed by atoms with Crippen molar-refractivity contribution in [3.05, 3.63) is 23.8 Å². The van der Waals surface area contributed by atoms with Crippen LogP contribution in [-0.4, -0.2) is 52.0 Å². The largest absolute Gasteiger partial charge is 0.393 e. The molecule has 2 N–H and O–H groups in total. The molecule has 0 aromatic rings. The van der Waals surface area contributed by atoms with E-state index in [1.165, 1.54) is 0 Å². The van der Waals surface area contributed by atoms with E-state index < -0.39 is 35.6 Å². The van der Waals surface area contributed by atoms with Crippen LogP contribution in [0.5, 0.6) is 0 Å². The molecule has 5 aliphatic rings. The lowest BCUT2D eigenvalue weighted by Crippen LogP contribution is -2.63. The molecule has 8 atom stereocenters. The summed E-state index contributed by atoms with van der Waals surface area (Å²) >= 11 is 0. The van der Waals surface area contributed by atoms with Crippen LogP contribution < -0.4 is 0 Å². The molecular formula is C24H32O6. The molecule has 1 saturated heterocycles. The average Bonchev–Trinajstić information content (AvgIpc) is 3.07. The van der Waals surface area contributed by atoms with E-state index >= 15 is 0 Å². The van der Waals surface area contributed by atoms with Gasteiger partial charge in [0.15, 0.2) is 23.0 Å². The van der Waals surface area contributed by atoms with Crippen LogP contribution in [0.3, 0.4) is 0 Å². The van der Waals surface area contributed by atoms with Crippen LogP contribution in [-0.2, 0) is 19.1 Å². The van der Waals surface area contributed by atoms with Gasteiger partial charge in [-0.15, -0.1) is 0 Å². The number of ketones is 2. The first-order chi connectivity index (χ1) is 14.0. The lowest BCUT2D eigenvalue weighted by molar-refractivity contribution is -0.225. The predicted octanol–water partition coefficient (Wildman–Crippen LogP) is 2.33. The average molecular weight is 417 g/mol. The molecule has 6 heteroatoms. The Morgan fingerprint density at radius 2 is 2.00 bits per heavy atom. The van der Waals surface area contributed by atoms with Crippen molar-refractivity contribution in [2.75, 3.05) is 6.61 Å². The van der Waals surface area contributed by atoms with Gasteiger partial charge in [0, 0.05) is 16.7 Å². The number of Topliss-reactive ketones (excluding diaryl/α,β-unsaturated/α-hetero) is 1. The first-order valence-corrected chi connectivity index (χ1v) is 11.1. The number of ether oxygens (including phenoxy) is 2.